The van der Waals surface area contributed by atoms with Crippen molar-refractivity contribution in [1.29, 1.82) is 0 Å². The van der Waals surface area contributed by atoms with Gasteiger partial charge in [0.2, 0.25) is 11.7 Å². The Bertz CT molecular complexity index is 923. The van der Waals surface area contributed by atoms with Crippen LogP contribution in [-0.2, 0) is 33.0 Å². The van der Waals surface area contributed by atoms with Gasteiger partial charge in [-0.15, -0.1) is 0 Å². The van der Waals surface area contributed by atoms with Crippen molar-refractivity contribution < 1.29 is 27.8 Å². The Labute approximate surface area is 156 Å². The van der Waals surface area contributed by atoms with Crippen LogP contribution in [0.15, 0.2) is 23.2 Å². The minimum Gasteiger partial charge on any atom is -0.493 e. The molecular weight excluding hydrogens is 384 g/mol. The smallest absolute Gasteiger partial charge is 0.220 e. The summed E-state index contributed by atoms with van der Waals surface area (Å²) in [5.41, 5.74) is 0.194. The van der Waals surface area contributed by atoms with Gasteiger partial charge in [0.25, 0.3) is 0 Å². The van der Waals surface area contributed by atoms with Gasteiger partial charge < -0.3 is 14.6 Å². The number of aromatic hydroxyl groups is 1. The van der Waals surface area contributed by atoms with Crippen molar-refractivity contribution in [1.82, 2.24) is 9.78 Å². The number of hydrogen-bond acceptors (Lipinski definition) is 7. The number of ether oxygens (including phenoxy) is 2. The number of carbonyl (C=O) groups excluding carboxylic acids is 1. The maximum atomic E-state index is 12.7. The predicted octanol–water partition coefficient (Wildman–Crippen LogP) is 1.58. The monoisotopic (exact) mass is 402 g/mol. The second-order valence-electron chi connectivity index (χ2n) is 5.56. The Hall–Kier alpha value is -1.94. The fourth-order valence-corrected chi connectivity index (χ4v) is 3.60. The molecule has 1 heterocycles. The lowest BCUT2D eigenvalue weighted by molar-refractivity contribution is 0.0607. The fraction of sp³-hybridized carbons (Fsp3) is 0.375. The van der Waals surface area contributed by atoms with Gasteiger partial charge in [-0.2, -0.15) is 5.10 Å². The first-order valence-electron chi connectivity index (χ1n) is 7.52. The summed E-state index contributed by atoms with van der Waals surface area (Å²) in [5.74, 6) is -0.880. The first kappa shape index (κ1) is 20.4. The number of rotatable bonds is 8. The zero-order valence-corrected chi connectivity index (χ0v) is 16.1. The molecule has 1 aromatic carbocycles. The number of halogens is 1. The van der Waals surface area contributed by atoms with Crippen molar-refractivity contribution in [2.45, 2.75) is 11.5 Å². The largest absolute Gasteiger partial charge is 0.493 e. The van der Waals surface area contributed by atoms with E-state index in [0.29, 0.717) is 6.61 Å². The highest BCUT2D eigenvalue weighted by Gasteiger charge is 2.25. The van der Waals surface area contributed by atoms with E-state index in [0.717, 1.165) is 10.9 Å². The van der Waals surface area contributed by atoms with Crippen molar-refractivity contribution in [3.63, 3.8) is 0 Å². The third-order valence-corrected chi connectivity index (χ3v) is 5.29. The maximum absolute atomic E-state index is 12.7. The molecule has 0 fully saturated rings. The molecule has 0 atom stereocenters. The van der Waals surface area contributed by atoms with Crippen LogP contribution in [0.2, 0.25) is 5.02 Å². The highest BCUT2D eigenvalue weighted by atomic mass is 35.5. The van der Waals surface area contributed by atoms with Gasteiger partial charge >= 0.3 is 0 Å². The van der Waals surface area contributed by atoms with Crippen LogP contribution in [0.25, 0.3) is 0 Å². The van der Waals surface area contributed by atoms with E-state index < -0.39 is 15.6 Å². The van der Waals surface area contributed by atoms with Gasteiger partial charge in [0.05, 0.1) is 35.9 Å². The summed E-state index contributed by atoms with van der Waals surface area (Å²) in [5, 5.41) is 13.7. The van der Waals surface area contributed by atoms with Crippen LogP contribution >= 0.6 is 11.6 Å². The highest BCUT2D eigenvalue weighted by molar-refractivity contribution is 7.90. The average Bonchev–Trinajstić information content (AvgIpc) is 2.90. The third kappa shape index (κ3) is 4.24. The van der Waals surface area contributed by atoms with E-state index in [-0.39, 0.29) is 45.7 Å². The van der Waals surface area contributed by atoms with Crippen LogP contribution in [0.3, 0.4) is 0 Å². The number of sulfone groups is 1. The molecule has 1 N–H and O–H groups in total. The van der Waals surface area contributed by atoms with Crippen LogP contribution in [0.5, 0.6) is 5.88 Å². The van der Waals surface area contributed by atoms with E-state index in [1.54, 1.807) is 0 Å². The molecule has 0 bridgehead atoms. The van der Waals surface area contributed by atoms with Crippen molar-refractivity contribution in [3.05, 3.63) is 40.0 Å². The fourth-order valence-electron chi connectivity index (χ4n) is 2.31. The van der Waals surface area contributed by atoms with E-state index in [2.05, 4.69) is 5.10 Å². The lowest BCUT2D eigenvalue weighted by Gasteiger charge is -2.14. The molecule has 0 saturated carbocycles. The molecule has 2 aromatic rings. The number of nitrogens with zero attached hydrogens (tertiary/aromatic N) is 2. The second kappa shape index (κ2) is 8.17. The van der Waals surface area contributed by atoms with Gasteiger partial charge in [0.15, 0.2) is 9.84 Å². The SMILES string of the molecule is COCCOCc1c(S(C)(=O)=O)ccc(C(=O)c2cnn(C)c2O)c1Cl. The van der Waals surface area contributed by atoms with Crippen molar-refractivity contribution in [2.75, 3.05) is 26.6 Å². The van der Waals surface area contributed by atoms with Crippen LogP contribution < -0.4 is 0 Å². The average molecular weight is 403 g/mol. The summed E-state index contributed by atoms with van der Waals surface area (Å²) in [6, 6.07) is 2.61. The summed E-state index contributed by atoms with van der Waals surface area (Å²) in [4.78, 5) is 12.7. The van der Waals surface area contributed by atoms with Crippen LogP contribution in [-0.4, -0.2) is 55.7 Å². The Morgan fingerprint density at radius 3 is 2.54 bits per heavy atom. The van der Waals surface area contributed by atoms with Gasteiger partial charge in [-0.05, 0) is 12.1 Å². The molecule has 0 radical (unpaired) electrons. The van der Waals surface area contributed by atoms with Gasteiger partial charge in [0, 0.05) is 31.5 Å². The molecular formula is C16H19ClN2O6S. The molecule has 8 nitrogen and oxygen atoms in total. The lowest BCUT2D eigenvalue weighted by Crippen LogP contribution is -2.11. The standard InChI is InChI=1S/C16H19ClN2O6S/c1-19-16(21)11(8-18-19)15(20)10-4-5-13(26(3,22)23)12(14(10)17)9-25-7-6-24-2/h4-5,8,21H,6-7,9H2,1-3H3. The molecule has 0 aliphatic rings. The van der Waals surface area contributed by atoms with Gasteiger partial charge in [-0.25, -0.2) is 13.1 Å². The summed E-state index contributed by atoms with van der Waals surface area (Å²) >= 11 is 6.33. The molecule has 2 rings (SSSR count). The number of aryl methyl sites for hydroxylation is 1. The molecule has 1 aromatic heterocycles. The Kier molecular flexibility index (Phi) is 6.40. The van der Waals surface area contributed by atoms with Crippen molar-refractivity contribution in [3.8, 4) is 5.88 Å². The van der Waals surface area contributed by atoms with Gasteiger partial charge in [0.1, 0.15) is 5.56 Å². The summed E-state index contributed by atoms with van der Waals surface area (Å²) in [6.45, 7) is 0.455. The maximum Gasteiger partial charge on any atom is 0.220 e. The van der Waals surface area contributed by atoms with Crippen LogP contribution in [0, 0.1) is 0 Å². The number of ketones is 1. The minimum atomic E-state index is -3.58. The number of hydrogen-bond donors (Lipinski definition) is 1. The number of aromatic nitrogens is 2. The Morgan fingerprint density at radius 2 is 2.00 bits per heavy atom. The number of methoxy groups -OCH3 is 1. The molecule has 0 amide bonds. The predicted molar refractivity (Wildman–Crippen MR) is 94.4 cm³/mol. The van der Waals surface area contributed by atoms with E-state index in [1.165, 1.54) is 32.5 Å². The van der Waals surface area contributed by atoms with Crippen LogP contribution in [0.4, 0.5) is 0 Å². The zero-order valence-electron chi connectivity index (χ0n) is 14.5. The van der Waals surface area contributed by atoms with E-state index in [1.807, 2.05) is 0 Å². The quantitative estimate of drug-likeness (QED) is 0.527. The first-order chi connectivity index (χ1) is 12.2. The topological polar surface area (TPSA) is 108 Å². The van der Waals surface area contributed by atoms with Crippen molar-refractivity contribution in [2.24, 2.45) is 7.05 Å². The number of benzene rings is 1. The molecule has 0 unspecified atom stereocenters. The lowest BCUT2D eigenvalue weighted by atomic mass is 10.0. The highest BCUT2D eigenvalue weighted by Crippen LogP contribution is 2.31. The molecule has 0 aliphatic carbocycles. The molecule has 0 saturated heterocycles. The molecule has 10 heteroatoms. The third-order valence-electron chi connectivity index (χ3n) is 3.67. The van der Waals surface area contributed by atoms with E-state index >= 15 is 0 Å². The Morgan fingerprint density at radius 1 is 1.31 bits per heavy atom. The van der Waals surface area contributed by atoms with Gasteiger partial charge in [-0.3, -0.25) is 4.79 Å². The Balaban J connectivity index is 2.48. The first-order valence-corrected chi connectivity index (χ1v) is 9.79. The summed E-state index contributed by atoms with van der Waals surface area (Å²) in [7, 11) is -0.589. The summed E-state index contributed by atoms with van der Waals surface area (Å²) < 4.78 is 35.5. The zero-order chi connectivity index (χ0) is 19.5. The van der Waals surface area contributed by atoms with Gasteiger partial charge in [-0.1, -0.05) is 11.6 Å². The normalized spacial score (nSPS) is 11.7. The van der Waals surface area contributed by atoms with E-state index in [9.17, 15) is 18.3 Å². The van der Waals surface area contributed by atoms with Crippen LogP contribution in [0.1, 0.15) is 21.5 Å². The molecule has 142 valence electrons. The van der Waals surface area contributed by atoms with Crippen molar-refractivity contribution >= 4 is 27.2 Å². The summed E-state index contributed by atoms with van der Waals surface area (Å²) in [6.07, 6.45) is 2.26. The van der Waals surface area contributed by atoms with E-state index in [4.69, 9.17) is 21.1 Å². The molecule has 0 spiro atoms. The molecule has 0 aliphatic heterocycles. The second-order valence-corrected chi connectivity index (χ2v) is 7.92. The minimum absolute atomic E-state index is 0.0214. The molecule has 26 heavy (non-hydrogen) atoms. The number of carbonyl (C=O) groups is 1.